The van der Waals surface area contributed by atoms with E-state index in [1.54, 1.807) is 31.2 Å². The van der Waals surface area contributed by atoms with Crippen molar-refractivity contribution in [1.29, 1.82) is 0 Å². The highest BCUT2D eigenvalue weighted by atomic mass is 35.5. The lowest BCUT2D eigenvalue weighted by Gasteiger charge is -2.33. The number of nitrogens with one attached hydrogen (secondary N) is 1. The number of nitro groups is 1. The molecule has 0 aliphatic heterocycles. The Kier molecular flexibility index (Phi) is 10.1. The van der Waals surface area contributed by atoms with Gasteiger partial charge < -0.3 is 15.0 Å². The van der Waals surface area contributed by atoms with Crippen LogP contribution in [-0.2, 0) is 26.2 Å². The van der Waals surface area contributed by atoms with E-state index >= 15 is 0 Å². The van der Waals surface area contributed by atoms with Crippen LogP contribution in [0.3, 0.4) is 0 Å². The van der Waals surface area contributed by atoms with Gasteiger partial charge in [-0.2, -0.15) is 0 Å². The number of nitro benzene ring substituents is 1. The van der Waals surface area contributed by atoms with E-state index in [1.165, 1.54) is 24.1 Å². The van der Waals surface area contributed by atoms with Crippen LogP contribution in [-0.4, -0.2) is 62.0 Å². The SMILES string of the molecule is CC[C@@H](C(=O)NC1CCCC1)N(Cc1ccccc1Cl)C(=O)CN(c1cc([N+](=O)[O-])ccc1OC)S(C)(=O)=O. The van der Waals surface area contributed by atoms with Crippen molar-refractivity contribution in [2.24, 2.45) is 0 Å². The summed E-state index contributed by atoms with van der Waals surface area (Å²) in [4.78, 5) is 39.3. The molecule has 2 aromatic carbocycles. The molecule has 0 heterocycles. The summed E-state index contributed by atoms with van der Waals surface area (Å²) in [7, 11) is -2.83. The van der Waals surface area contributed by atoms with Crippen LogP contribution in [0, 0.1) is 10.1 Å². The average Bonchev–Trinajstić information content (AvgIpc) is 3.40. The molecule has 3 rings (SSSR count). The fraction of sp³-hybridized carbons (Fsp3) is 0.462. The van der Waals surface area contributed by atoms with Crippen LogP contribution in [0.15, 0.2) is 42.5 Å². The Balaban J connectivity index is 2.02. The van der Waals surface area contributed by atoms with Crippen LogP contribution < -0.4 is 14.4 Å². The Labute approximate surface area is 233 Å². The minimum absolute atomic E-state index is 0.0189. The molecule has 1 aliphatic rings. The van der Waals surface area contributed by atoms with Crippen molar-refractivity contribution >= 4 is 44.8 Å². The second kappa shape index (κ2) is 13.1. The van der Waals surface area contributed by atoms with Gasteiger partial charge in [0.2, 0.25) is 21.8 Å². The van der Waals surface area contributed by atoms with Crippen molar-refractivity contribution < 1.29 is 27.7 Å². The number of carbonyl (C=O) groups excluding carboxylic acids is 2. The van der Waals surface area contributed by atoms with Crippen LogP contribution in [0.5, 0.6) is 5.75 Å². The van der Waals surface area contributed by atoms with E-state index < -0.39 is 33.4 Å². The number of anilines is 1. The van der Waals surface area contributed by atoms with Gasteiger partial charge in [-0.3, -0.25) is 24.0 Å². The fourth-order valence-electron chi connectivity index (χ4n) is 4.68. The topological polar surface area (TPSA) is 139 Å². The van der Waals surface area contributed by atoms with Crippen molar-refractivity contribution in [2.45, 2.75) is 57.7 Å². The fourth-order valence-corrected chi connectivity index (χ4v) is 5.72. The number of halogens is 1. The quantitative estimate of drug-likeness (QED) is 0.297. The normalized spacial score (nSPS) is 14.5. The zero-order chi connectivity index (χ0) is 28.7. The number of hydrogen-bond acceptors (Lipinski definition) is 7. The summed E-state index contributed by atoms with van der Waals surface area (Å²) in [6.45, 7) is 1.01. The lowest BCUT2D eigenvalue weighted by Crippen LogP contribution is -2.53. The lowest BCUT2D eigenvalue weighted by atomic mass is 10.1. The second-order valence-electron chi connectivity index (χ2n) is 9.41. The number of nitrogens with zero attached hydrogens (tertiary/aromatic N) is 3. The Hall–Kier alpha value is -3.38. The molecule has 39 heavy (non-hydrogen) atoms. The molecule has 0 aromatic heterocycles. The van der Waals surface area contributed by atoms with Gasteiger partial charge in [0.25, 0.3) is 5.69 Å². The number of carbonyl (C=O) groups is 2. The summed E-state index contributed by atoms with van der Waals surface area (Å²) in [6, 6.07) is 9.47. The number of non-ortho nitro benzene ring substituents is 1. The molecular weight excluding hydrogens is 548 g/mol. The van der Waals surface area contributed by atoms with Crippen molar-refractivity contribution in [3.63, 3.8) is 0 Å². The predicted molar refractivity (Wildman–Crippen MR) is 148 cm³/mol. The Morgan fingerprint density at radius 3 is 2.44 bits per heavy atom. The molecule has 2 amide bonds. The molecule has 0 radical (unpaired) electrons. The van der Waals surface area contributed by atoms with Gasteiger partial charge in [-0.1, -0.05) is 49.6 Å². The molecule has 212 valence electrons. The Morgan fingerprint density at radius 1 is 1.21 bits per heavy atom. The molecule has 0 bridgehead atoms. The maximum Gasteiger partial charge on any atom is 0.271 e. The van der Waals surface area contributed by atoms with Crippen molar-refractivity contribution in [1.82, 2.24) is 10.2 Å². The van der Waals surface area contributed by atoms with Crippen LogP contribution in [0.25, 0.3) is 0 Å². The Bertz CT molecular complexity index is 1320. The van der Waals surface area contributed by atoms with Gasteiger partial charge in [-0.05, 0) is 37.0 Å². The zero-order valence-corrected chi connectivity index (χ0v) is 23.7. The van der Waals surface area contributed by atoms with E-state index in [0.717, 1.165) is 42.3 Å². The number of rotatable bonds is 12. The maximum absolute atomic E-state index is 13.9. The number of amides is 2. The molecule has 0 unspecified atom stereocenters. The molecule has 1 fully saturated rings. The maximum atomic E-state index is 13.9. The van der Waals surface area contributed by atoms with E-state index in [9.17, 15) is 28.1 Å². The third-order valence-electron chi connectivity index (χ3n) is 6.71. The number of sulfonamides is 1. The van der Waals surface area contributed by atoms with Gasteiger partial charge in [0, 0.05) is 29.7 Å². The molecule has 0 saturated heterocycles. The molecule has 1 N–H and O–H groups in total. The highest BCUT2D eigenvalue weighted by Crippen LogP contribution is 2.34. The number of methoxy groups -OCH3 is 1. The molecule has 13 heteroatoms. The van der Waals surface area contributed by atoms with Crippen LogP contribution in [0.2, 0.25) is 5.02 Å². The van der Waals surface area contributed by atoms with E-state index in [-0.39, 0.29) is 42.0 Å². The van der Waals surface area contributed by atoms with Crippen molar-refractivity contribution in [3.8, 4) is 5.75 Å². The molecule has 1 saturated carbocycles. The summed E-state index contributed by atoms with van der Waals surface area (Å²) in [5, 5.41) is 14.8. The van der Waals surface area contributed by atoms with Gasteiger partial charge in [-0.25, -0.2) is 8.42 Å². The first-order valence-corrected chi connectivity index (χ1v) is 14.8. The standard InChI is InChI=1S/C26H33ClN4O7S/c1-4-22(26(33)28-19-10-6-7-11-19)29(16-18-9-5-8-12-21(18)27)25(32)17-30(39(3,36)37)23-15-20(31(34)35)13-14-24(23)38-2/h5,8-9,12-15,19,22H,4,6-7,10-11,16-17H2,1-3H3,(H,28,33)/t22-/m0/s1. The third-order valence-corrected chi connectivity index (χ3v) is 8.20. The third kappa shape index (κ3) is 7.60. The van der Waals surface area contributed by atoms with E-state index in [0.29, 0.717) is 10.6 Å². The van der Waals surface area contributed by atoms with Gasteiger partial charge in [0.05, 0.1) is 18.3 Å². The number of ether oxygens (including phenoxy) is 1. The van der Waals surface area contributed by atoms with Gasteiger partial charge in [0.1, 0.15) is 24.0 Å². The minimum atomic E-state index is -4.12. The Morgan fingerprint density at radius 2 is 1.87 bits per heavy atom. The summed E-state index contributed by atoms with van der Waals surface area (Å²) >= 11 is 6.37. The number of benzene rings is 2. The number of hydrogen-bond donors (Lipinski definition) is 1. The van der Waals surface area contributed by atoms with E-state index in [1.807, 2.05) is 0 Å². The average molecular weight is 581 g/mol. The first kappa shape index (κ1) is 30.2. The molecule has 0 spiro atoms. The predicted octanol–water partition coefficient (Wildman–Crippen LogP) is 3.89. The second-order valence-corrected chi connectivity index (χ2v) is 11.7. The zero-order valence-electron chi connectivity index (χ0n) is 22.1. The largest absolute Gasteiger partial charge is 0.495 e. The van der Waals surface area contributed by atoms with Crippen LogP contribution in [0.1, 0.15) is 44.6 Å². The summed E-state index contributed by atoms with van der Waals surface area (Å²) < 4.78 is 31.8. The smallest absolute Gasteiger partial charge is 0.271 e. The van der Waals surface area contributed by atoms with Gasteiger partial charge >= 0.3 is 0 Å². The highest BCUT2D eigenvalue weighted by molar-refractivity contribution is 7.92. The lowest BCUT2D eigenvalue weighted by molar-refractivity contribution is -0.384. The molecule has 1 aliphatic carbocycles. The first-order valence-electron chi connectivity index (χ1n) is 12.6. The van der Waals surface area contributed by atoms with E-state index in [2.05, 4.69) is 5.32 Å². The molecule has 11 nitrogen and oxygen atoms in total. The minimum Gasteiger partial charge on any atom is -0.495 e. The van der Waals surface area contributed by atoms with Gasteiger partial charge in [0.15, 0.2) is 0 Å². The monoisotopic (exact) mass is 580 g/mol. The molecule has 1 atom stereocenters. The summed E-state index contributed by atoms with van der Waals surface area (Å²) in [5.41, 5.74) is 0.0457. The van der Waals surface area contributed by atoms with Crippen molar-refractivity contribution in [2.75, 3.05) is 24.2 Å². The molecular formula is C26H33ClN4O7S. The highest BCUT2D eigenvalue weighted by Gasteiger charge is 2.34. The van der Waals surface area contributed by atoms with Crippen molar-refractivity contribution in [3.05, 3.63) is 63.2 Å². The summed E-state index contributed by atoms with van der Waals surface area (Å²) in [5.74, 6) is -0.978. The van der Waals surface area contributed by atoms with Crippen LogP contribution >= 0.6 is 11.6 Å². The van der Waals surface area contributed by atoms with Gasteiger partial charge in [-0.15, -0.1) is 0 Å². The first-order chi connectivity index (χ1) is 18.5. The molecule has 2 aromatic rings. The van der Waals surface area contributed by atoms with Crippen LogP contribution in [0.4, 0.5) is 11.4 Å². The van der Waals surface area contributed by atoms with E-state index in [4.69, 9.17) is 16.3 Å². The summed E-state index contributed by atoms with van der Waals surface area (Å²) in [6.07, 6.45) is 4.90.